The Kier molecular flexibility index (Phi) is 3.05. The van der Waals surface area contributed by atoms with Crippen LogP contribution in [-0.4, -0.2) is 27.5 Å². The Morgan fingerprint density at radius 2 is 2.05 bits per heavy atom. The van der Waals surface area contributed by atoms with Crippen LogP contribution in [0.25, 0.3) is 11.0 Å². The number of benzene rings is 1. The van der Waals surface area contributed by atoms with E-state index in [1.54, 1.807) is 0 Å². The largest absolute Gasteiger partial charge is 0.326 e. The van der Waals surface area contributed by atoms with Gasteiger partial charge in [-0.1, -0.05) is 18.2 Å². The lowest BCUT2D eigenvalue weighted by atomic mass is 10.3. The highest BCUT2D eigenvalue weighted by molar-refractivity contribution is 7.09. The molecule has 0 unspecified atom stereocenters. The smallest absolute Gasteiger partial charge is 0.124 e. The van der Waals surface area contributed by atoms with E-state index in [2.05, 4.69) is 51.2 Å². The normalized spacial score (nSPS) is 15.6. The van der Waals surface area contributed by atoms with Crippen LogP contribution < -0.4 is 0 Å². The first kappa shape index (κ1) is 12.1. The van der Waals surface area contributed by atoms with Crippen LogP contribution in [0.4, 0.5) is 0 Å². The van der Waals surface area contributed by atoms with Crippen molar-refractivity contribution in [1.29, 1.82) is 0 Å². The second kappa shape index (κ2) is 5.04. The Labute approximate surface area is 122 Å². The molecule has 20 heavy (non-hydrogen) atoms. The number of fused-ring (bicyclic) bond motifs is 3. The van der Waals surface area contributed by atoms with Crippen molar-refractivity contribution in [2.24, 2.45) is 0 Å². The van der Waals surface area contributed by atoms with Gasteiger partial charge in [-0.05, 0) is 30.0 Å². The van der Waals surface area contributed by atoms with Crippen molar-refractivity contribution in [3.8, 4) is 0 Å². The molecule has 3 nitrogen and oxygen atoms in total. The average molecular weight is 283 g/mol. The van der Waals surface area contributed by atoms with Crippen LogP contribution in [0, 0.1) is 0 Å². The molecule has 4 rings (SSSR count). The summed E-state index contributed by atoms with van der Waals surface area (Å²) in [5.74, 6) is 1.21. The number of imidazole rings is 1. The van der Waals surface area contributed by atoms with Crippen molar-refractivity contribution >= 4 is 22.4 Å². The highest BCUT2D eigenvalue weighted by Crippen LogP contribution is 2.21. The van der Waals surface area contributed by atoms with Crippen LogP contribution in [-0.2, 0) is 19.5 Å². The fraction of sp³-hybridized carbons (Fsp3) is 0.312. The maximum atomic E-state index is 4.77. The van der Waals surface area contributed by atoms with E-state index in [1.165, 1.54) is 16.2 Å². The van der Waals surface area contributed by atoms with Gasteiger partial charge in [0.25, 0.3) is 0 Å². The monoisotopic (exact) mass is 283 g/mol. The molecule has 0 radical (unpaired) electrons. The second-order valence-corrected chi connectivity index (χ2v) is 6.31. The predicted molar refractivity (Wildman–Crippen MR) is 83.0 cm³/mol. The van der Waals surface area contributed by atoms with Crippen LogP contribution in [0.2, 0.25) is 0 Å². The zero-order valence-corrected chi connectivity index (χ0v) is 12.1. The summed E-state index contributed by atoms with van der Waals surface area (Å²) in [7, 11) is 0. The highest BCUT2D eigenvalue weighted by atomic mass is 32.1. The van der Waals surface area contributed by atoms with E-state index in [0.717, 1.165) is 38.1 Å². The van der Waals surface area contributed by atoms with Gasteiger partial charge in [-0.15, -0.1) is 11.3 Å². The minimum Gasteiger partial charge on any atom is -0.326 e. The molecule has 0 bridgehead atoms. The molecule has 1 aromatic carbocycles. The van der Waals surface area contributed by atoms with E-state index < -0.39 is 0 Å². The minimum atomic E-state index is 0.972. The van der Waals surface area contributed by atoms with Crippen molar-refractivity contribution in [1.82, 2.24) is 14.5 Å². The summed E-state index contributed by atoms with van der Waals surface area (Å²) in [5, 5.41) is 2.16. The van der Waals surface area contributed by atoms with Gasteiger partial charge < -0.3 is 4.57 Å². The summed E-state index contributed by atoms with van der Waals surface area (Å²) in [6.07, 6.45) is 1.15. The van der Waals surface area contributed by atoms with Crippen LogP contribution >= 0.6 is 11.3 Å². The molecule has 0 saturated heterocycles. The summed E-state index contributed by atoms with van der Waals surface area (Å²) in [6.45, 7) is 4.28. The van der Waals surface area contributed by atoms with Gasteiger partial charge in [0.1, 0.15) is 5.82 Å². The molecule has 3 heterocycles. The second-order valence-electron chi connectivity index (χ2n) is 5.27. The van der Waals surface area contributed by atoms with Gasteiger partial charge in [-0.25, -0.2) is 4.98 Å². The van der Waals surface area contributed by atoms with Crippen molar-refractivity contribution in [3.05, 3.63) is 52.5 Å². The van der Waals surface area contributed by atoms with Gasteiger partial charge in [-0.3, -0.25) is 4.90 Å². The predicted octanol–water partition coefficient (Wildman–Crippen LogP) is 3.16. The van der Waals surface area contributed by atoms with Gasteiger partial charge >= 0.3 is 0 Å². The van der Waals surface area contributed by atoms with Crippen LogP contribution in [0.1, 0.15) is 10.7 Å². The third kappa shape index (κ3) is 2.15. The molecule has 0 fully saturated rings. The van der Waals surface area contributed by atoms with Gasteiger partial charge in [0.15, 0.2) is 0 Å². The molecule has 102 valence electrons. The van der Waals surface area contributed by atoms with Crippen molar-refractivity contribution in [2.75, 3.05) is 13.1 Å². The maximum Gasteiger partial charge on any atom is 0.124 e. The Morgan fingerprint density at radius 1 is 1.10 bits per heavy atom. The van der Waals surface area contributed by atoms with Crippen molar-refractivity contribution in [2.45, 2.75) is 19.5 Å². The van der Waals surface area contributed by atoms with E-state index >= 15 is 0 Å². The fourth-order valence-corrected chi connectivity index (χ4v) is 3.63. The summed E-state index contributed by atoms with van der Waals surface area (Å²) in [6, 6.07) is 12.8. The summed E-state index contributed by atoms with van der Waals surface area (Å²) >= 11 is 1.85. The lowest BCUT2D eigenvalue weighted by molar-refractivity contribution is 0.222. The van der Waals surface area contributed by atoms with Gasteiger partial charge in [-0.2, -0.15) is 0 Å². The molecule has 0 aliphatic carbocycles. The fourth-order valence-electron chi connectivity index (χ4n) is 2.93. The Bertz CT molecular complexity index is 714. The summed E-state index contributed by atoms with van der Waals surface area (Å²) < 4.78 is 2.37. The van der Waals surface area contributed by atoms with Crippen LogP contribution in [0.15, 0.2) is 41.8 Å². The number of hydrogen-bond donors (Lipinski definition) is 0. The number of rotatable bonds is 3. The van der Waals surface area contributed by atoms with Crippen molar-refractivity contribution in [3.63, 3.8) is 0 Å². The first-order valence-electron chi connectivity index (χ1n) is 7.09. The quantitative estimate of drug-likeness (QED) is 0.736. The summed E-state index contributed by atoms with van der Waals surface area (Å²) in [4.78, 5) is 8.76. The number of aromatic nitrogens is 2. The van der Waals surface area contributed by atoms with Gasteiger partial charge in [0, 0.05) is 24.5 Å². The summed E-state index contributed by atoms with van der Waals surface area (Å²) in [5.41, 5.74) is 2.41. The highest BCUT2D eigenvalue weighted by Gasteiger charge is 2.19. The zero-order chi connectivity index (χ0) is 13.4. The topological polar surface area (TPSA) is 21.1 Å². The zero-order valence-electron chi connectivity index (χ0n) is 11.3. The number of hydrogen-bond acceptors (Lipinski definition) is 3. The number of nitrogens with zero attached hydrogens (tertiary/aromatic N) is 3. The lowest BCUT2D eigenvalue weighted by Crippen LogP contribution is -2.35. The molecule has 0 N–H and O–H groups in total. The molecule has 4 heteroatoms. The van der Waals surface area contributed by atoms with Crippen LogP contribution in [0.5, 0.6) is 0 Å². The third-order valence-electron chi connectivity index (χ3n) is 3.99. The molecule has 1 aliphatic heterocycles. The number of thiophene rings is 1. The van der Waals surface area contributed by atoms with E-state index in [1.807, 2.05) is 11.3 Å². The minimum absolute atomic E-state index is 0.972. The molecule has 1 aliphatic rings. The Balaban J connectivity index is 1.51. The number of para-hydroxylation sites is 2. The molecule has 2 aromatic heterocycles. The van der Waals surface area contributed by atoms with Gasteiger partial charge in [0.05, 0.1) is 17.6 Å². The average Bonchev–Trinajstić information content (AvgIpc) is 3.12. The van der Waals surface area contributed by atoms with E-state index in [4.69, 9.17) is 4.98 Å². The Morgan fingerprint density at radius 3 is 2.95 bits per heavy atom. The first-order valence-corrected chi connectivity index (χ1v) is 7.97. The molecule has 3 aromatic rings. The van der Waals surface area contributed by atoms with Crippen LogP contribution in [0.3, 0.4) is 0 Å². The van der Waals surface area contributed by atoms with E-state index in [-0.39, 0.29) is 0 Å². The van der Waals surface area contributed by atoms with Gasteiger partial charge in [0.2, 0.25) is 0 Å². The SMILES string of the molecule is c1csc(CCN2CCn3c(nc4ccccc43)C2)c1. The van der Waals surface area contributed by atoms with E-state index in [9.17, 15) is 0 Å². The molecule has 0 amide bonds. The lowest BCUT2D eigenvalue weighted by Gasteiger charge is -2.27. The standard InChI is InChI=1S/C16H17N3S/c1-2-6-15-14(5-1)17-16-12-18(9-10-19(15)16)8-7-13-4-3-11-20-13/h1-6,11H,7-10,12H2. The molecular formula is C16H17N3S. The van der Waals surface area contributed by atoms with Crippen molar-refractivity contribution < 1.29 is 0 Å². The molecule has 0 atom stereocenters. The molecular weight excluding hydrogens is 266 g/mol. The molecule has 0 saturated carbocycles. The third-order valence-corrected chi connectivity index (χ3v) is 4.93. The van der Waals surface area contributed by atoms with E-state index in [0.29, 0.717) is 0 Å². The maximum absolute atomic E-state index is 4.77. The molecule has 0 spiro atoms. The Hall–Kier alpha value is -1.65. The first-order chi connectivity index (χ1) is 9.90.